The van der Waals surface area contributed by atoms with Crippen molar-refractivity contribution in [1.82, 2.24) is 9.55 Å². The summed E-state index contributed by atoms with van der Waals surface area (Å²) in [5, 5.41) is 0. The minimum Gasteiger partial charge on any atom is -0.298 e. The number of nitrogens with zero attached hydrogens (tertiary/aromatic N) is 2. The fourth-order valence-electron chi connectivity index (χ4n) is 1.07. The van der Waals surface area contributed by atoms with E-state index < -0.39 is 0 Å². The van der Waals surface area contributed by atoms with Gasteiger partial charge in [-0.3, -0.25) is 9.36 Å². The fourth-order valence-corrected chi connectivity index (χ4v) is 1.52. The summed E-state index contributed by atoms with van der Waals surface area (Å²) >= 11 is 2.05. The number of aryl methyl sites for hydroxylation is 1. The molecule has 0 unspecified atom stereocenters. The van der Waals surface area contributed by atoms with E-state index in [-0.39, 0.29) is 5.56 Å². The van der Waals surface area contributed by atoms with Gasteiger partial charge in [-0.25, -0.2) is 4.98 Å². The van der Waals surface area contributed by atoms with Gasteiger partial charge in [0.05, 0.1) is 15.6 Å². The molecule has 0 aromatic carbocycles. The molecule has 0 N–H and O–H groups in total. The van der Waals surface area contributed by atoms with Crippen LogP contribution in [0, 0.1) is 16.4 Å². The summed E-state index contributed by atoms with van der Waals surface area (Å²) < 4.78 is 2.39. The number of halogens is 1. The van der Waals surface area contributed by atoms with Crippen molar-refractivity contribution in [2.45, 2.75) is 27.3 Å². The SMILES string of the molecule is Cc1ncn(CC(C)C)c(=O)c1I. The molecule has 0 saturated carbocycles. The topological polar surface area (TPSA) is 34.9 Å². The normalized spacial score (nSPS) is 10.8. The van der Waals surface area contributed by atoms with Crippen LogP contribution in [0.3, 0.4) is 0 Å². The van der Waals surface area contributed by atoms with E-state index in [2.05, 4.69) is 18.8 Å². The Morgan fingerprint density at radius 3 is 2.77 bits per heavy atom. The molecule has 0 fully saturated rings. The van der Waals surface area contributed by atoms with Crippen molar-refractivity contribution in [3.63, 3.8) is 0 Å². The molecule has 0 bridgehead atoms. The van der Waals surface area contributed by atoms with Crippen LogP contribution in [0.1, 0.15) is 19.5 Å². The third kappa shape index (κ3) is 2.52. The molecule has 1 heterocycles. The Kier molecular flexibility index (Phi) is 3.47. The molecule has 0 aliphatic carbocycles. The summed E-state index contributed by atoms with van der Waals surface area (Å²) in [6, 6.07) is 0. The fraction of sp³-hybridized carbons (Fsp3) is 0.556. The van der Waals surface area contributed by atoms with Gasteiger partial charge in [0, 0.05) is 6.54 Å². The zero-order chi connectivity index (χ0) is 10.0. The highest BCUT2D eigenvalue weighted by Gasteiger charge is 2.05. The molecule has 0 radical (unpaired) electrons. The lowest BCUT2D eigenvalue weighted by Gasteiger charge is -2.08. The van der Waals surface area contributed by atoms with Crippen molar-refractivity contribution in [3.05, 3.63) is 25.9 Å². The van der Waals surface area contributed by atoms with Crippen molar-refractivity contribution >= 4 is 22.6 Å². The summed E-state index contributed by atoms with van der Waals surface area (Å²) in [4.78, 5) is 15.8. The van der Waals surface area contributed by atoms with Gasteiger partial charge in [-0.1, -0.05) is 13.8 Å². The minimum absolute atomic E-state index is 0.0711. The molecular weight excluding hydrogens is 279 g/mol. The third-order valence-electron chi connectivity index (χ3n) is 1.72. The quantitative estimate of drug-likeness (QED) is 0.779. The molecule has 0 aliphatic rings. The Morgan fingerprint density at radius 2 is 2.23 bits per heavy atom. The van der Waals surface area contributed by atoms with Crippen LogP contribution in [-0.4, -0.2) is 9.55 Å². The van der Waals surface area contributed by atoms with E-state index >= 15 is 0 Å². The molecule has 0 aliphatic heterocycles. The van der Waals surface area contributed by atoms with Crippen molar-refractivity contribution in [2.24, 2.45) is 5.92 Å². The van der Waals surface area contributed by atoms with Crippen molar-refractivity contribution in [1.29, 1.82) is 0 Å². The predicted molar refractivity (Wildman–Crippen MR) is 60.8 cm³/mol. The van der Waals surface area contributed by atoms with Crippen LogP contribution < -0.4 is 5.56 Å². The third-order valence-corrected chi connectivity index (χ3v) is 2.96. The summed E-state index contributed by atoms with van der Waals surface area (Å²) in [7, 11) is 0. The number of rotatable bonds is 2. The summed E-state index contributed by atoms with van der Waals surface area (Å²) in [6.07, 6.45) is 1.62. The van der Waals surface area contributed by atoms with E-state index in [9.17, 15) is 4.79 Å². The maximum Gasteiger partial charge on any atom is 0.267 e. The minimum atomic E-state index is 0.0711. The van der Waals surface area contributed by atoms with Gasteiger partial charge >= 0.3 is 0 Å². The van der Waals surface area contributed by atoms with Crippen molar-refractivity contribution in [2.75, 3.05) is 0 Å². The van der Waals surface area contributed by atoms with E-state index in [4.69, 9.17) is 0 Å². The van der Waals surface area contributed by atoms with E-state index in [0.717, 1.165) is 15.8 Å². The average Bonchev–Trinajstić information content (AvgIpc) is 2.06. The first kappa shape index (κ1) is 10.7. The maximum absolute atomic E-state index is 11.6. The predicted octanol–water partition coefficient (Wildman–Crippen LogP) is 1.81. The second kappa shape index (κ2) is 4.21. The first-order valence-electron chi connectivity index (χ1n) is 4.24. The lowest BCUT2D eigenvalue weighted by Crippen LogP contribution is -2.25. The molecule has 1 aromatic rings. The molecular formula is C9H13IN2O. The Balaban J connectivity index is 3.12. The summed E-state index contributed by atoms with van der Waals surface area (Å²) in [6.45, 7) is 6.75. The molecule has 0 spiro atoms. The van der Waals surface area contributed by atoms with E-state index in [1.807, 2.05) is 29.5 Å². The van der Waals surface area contributed by atoms with Crippen LogP contribution in [0.25, 0.3) is 0 Å². The molecule has 0 amide bonds. The second-order valence-electron chi connectivity index (χ2n) is 3.50. The smallest absolute Gasteiger partial charge is 0.267 e. The first-order valence-corrected chi connectivity index (χ1v) is 5.31. The molecule has 4 heteroatoms. The van der Waals surface area contributed by atoms with Gasteiger partial charge in [0.25, 0.3) is 5.56 Å². The zero-order valence-electron chi connectivity index (χ0n) is 8.04. The molecule has 0 saturated heterocycles. The van der Waals surface area contributed by atoms with Crippen molar-refractivity contribution < 1.29 is 0 Å². The molecule has 3 nitrogen and oxygen atoms in total. The zero-order valence-corrected chi connectivity index (χ0v) is 10.2. The second-order valence-corrected chi connectivity index (χ2v) is 4.57. The monoisotopic (exact) mass is 292 g/mol. The van der Waals surface area contributed by atoms with Crippen LogP contribution in [0.4, 0.5) is 0 Å². The summed E-state index contributed by atoms with van der Waals surface area (Å²) in [5.41, 5.74) is 0.882. The first-order chi connectivity index (χ1) is 6.02. The van der Waals surface area contributed by atoms with E-state index in [0.29, 0.717) is 5.92 Å². The number of hydrogen-bond donors (Lipinski definition) is 0. The average molecular weight is 292 g/mol. The Bertz CT molecular complexity index is 357. The maximum atomic E-state index is 11.6. The Labute approximate surface area is 91.3 Å². The van der Waals surface area contributed by atoms with Crippen LogP contribution in [-0.2, 0) is 6.54 Å². The molecule has 72 valence electrons. The van der Waals surface area contributed by atoms with Gasteiger partial charge < -0.3 is 0 Å². The lowest BCUT2D eigenvalue weighted by atomic mass is 10.2. The number of aromatic nitrogens is 2. The van der Waals surface area contributed by atoms with E-state index in [1.165, 1.54) is 0 Å². The summed E-state index contributed by atoms with van der Waals surface area (Å²) in [5.74, 6) is 0.470. The van der Waals surface area contributed by atoms with Gasteiger partial charge in [0.15, 0.2) is 0 Å². The molecule has 1 rings (SSSR count). The van der Waals surface area contributed by atoms with E-state index in [1.54, 1.807) is 10.9 Å². The number of hydrogen-bond acceptors (Lipinski definition) is 2. The van der Waals surface area contributed by atoms with Crippen LogP contribution in [0.15, 0.2) is 11.1 Å². The van der Waals surface area contributed by atoms with Gasteiger partial charge in [-0.15, -0.1) is 0 Å². The molecule has 13 heavy (non-hydrogen) atoms. The van der Waals surface area contributed by atoms with Gasteiger partial charge in [0.2, 0.25) is 0 Å². The highest BCUT2D eigenvalue weighted by Crippen LogP contribution is 2.02. The molecule has 0 atom stereocenters. The van der Waals surface area contributed by atoms with Gasteiger partial charge in [-0.05, 0) is 35.4 Å². The van der Waals surface area contributed by atoms with Crippen molar-refractivity contribution in [3.8, 4) is 0 Å². The largest absolute Gasteiger partial charge is 0.298 e. The Morgan fingerprint density at radius 1 is 1.62 bits per heavy atom. The van der Waals surface area contributed by atoms with Crippen LogP contribution in [0.2, 0.25) is 0 Å². The van der Waals surface area contributed by atoms with Crippen LogP contribution in [0.5, 0.6) is 0 Å². The highest BCUT2D eigenvalue weighted by molar-refractivity contribution is 14.1. The molecule has 1 aromatic heterocycles. The lowest BCUT2D eigenvalue weighted by molar-refractivity contribution is 0.502. The Hall–Kier alpha value is -0.390. The van der Waals surface area contributed by atoms with Gasteiger partial charge in [-0.2, -0.15) is 0 Å². The van der Waals surface area contributed by atoms with Gasteiger partial charge in [0.1, 0.15) is 0 Å². The highest BCUT2D eigenvalue weighted by atomic mass is 127. The standard InChI is InChI=1S/C9H13IN2O/c1-6(2)4-12-5-11-7(3)8(10)9(12)13/h5-6H,4H2,1-3H3. The van der Waals surface area contributed by atoms with Crippen LogP contribution >= 0.6 is 22.6 Å².